The topological polar surface area (TPSA) is 46.1 Å². The van der Waals surface area contributed by atoms with Crippen molar-refractivity contribution >= 4 is 5.91 Å². The van der Waals surface area contributed by atoms with Crippen molar-refractivity contribution in [3.05, 3.63) is 35.9 Å². The molecule has 1 fully saturated rings. The van der Waals surface area contributed by atoms with Crippen LogP contribution >= 0.6 is 0 Å². The van der Waals surface area contributed by atoms with Crippen LogP contribution in [0, 0.1) is 5.92 Å². The normalized spacial score (nSPS) is 31.2. The van der Waals surface area contributed by atoms with E-state index in [0.29, 0.717) is 11.9 Å². The van der Waals surface area contributed by atoms with Gasteiger partial charge < -0.3 is 4.90 Å². The van der Waals surface area contributed by atoms with Gasteiger partial charge in [0.1, 0.15) is 6.33 Å². The highest BCUT2D eigenvalue weighted by Gasteiger charge is 2.44. The third-order valence-corrected chi connectivity index (χ3v) is 4.99. The standard InChI is InChI=1S/C16H19N3O/c20-16(11-4-2-1-3-5-11)19-12-6-7-15(19)13-9-17-10-18-14(13)8-12/h1-2,9-12,15H,3-8H2/t11-,12+,15+/m1/s1. The molecular weight excluding hydrogens is 250 g/mol. The molecule has 0 radical (unpaired) electrons. The van der Waals surface area contributed by atoms with Crippen molar-refractivity contribution in [1.82, 2.24) is 14.9 Å². The number of nitrogens with zero attached hydrogens (tertiary/aromatic N) is 3. The summed E-state index contributed by atoms with van der Waals surface area (Å²) in [5.74, 6) is 0.547. The molecule has 20 heavy (non-hydrogen) atoms. The zero-order chi connectivity index (χ0) is 13.5. The van der Waals surface area contributed by atoms with Crippen molar-refractivity contribution in [2.45, 2.75) is 50.6 Å². The highest BCUT2D eigenvalue weighted by molar-refractivity contribution is 5.80. The van der Waals surface area contributed by atoms with Gasteiger partial charge in [-0.05, 0) is 32.1 Å². The first-order chi connectivity index (χ1) is 9.84. The van der Waals surface area contributed by atoms with Crippen LogP contribution in [-0.2, 0) is 11.2 Å². The highest BCUT2D eigenvalue weighted by atomic mass is 16.2. The number of carbonyl (C=O) groups excluding carboxylic acids is 1. The molecule has 1 aliphatic carbocycles. The number of hydrogen-bond donors (Lipinski definition) is 0. The molecule has 1 aromatic heterocycles. The largest absolute Gasteiger partial charge is 0.332 e. The summed E-state index contributed by atoms with van der Waals surface area (Å²) in [7, 11) is 0. The fourth-order valence-corrected chi connectivity index (χ4v) is 3.99. The monoisotopic (exact) mass is 269 g/mol. The number of aromatic nitrogens is 2. The minimum atomic E-state index is 0.189. The molecule has 0 N–H and O–H groups in total. The smallest absolute Gasteiger partial charge is 0.226 e. The zero-order valence-corrected chi connectivity index (χ0v) is 11.5. The van der Waals surface area contributed by atoms with Crippen molar-refractivity contribution in [2.24, 2.45) is 5.92 Å². The van der Waals surface area contributed by atoms with E-state index in [1.54, 1.807) is 6.33 Å². The molecule has 0 unspecified atom stereocenters. The quantitative estimate of drug-likeness (QED) is 0.736. The van der Waals surface area contributed by atoms with Gasteiger partial charge in [0.2, 0.25) is 5.91 Å². The number of amides is 1. The molecule has 0 aromatic carbocycles. The Balaban J connectivity index is 1.64. The maximum Gasteiger partial charge on any atom is 0.226 e. The molecule has 4 rings (SSSR count). The van der Waals surface area contributed by atoms with E-state index in [2.05, 4.69) is 27.0 Å². The van der Waals surface area contributed by atoms with Gasteiger partial charge in [-0.25, -0.2) is 9.97 Å². The molecule has 1 aromatic rings. The fraction of sp³-hybridized carbons (Fsp3) is 0.562. The summed E-state index contributed by atoms with van der Waals surface area (Å²) < 4.78 is 0. The number of hydrogen-bond acceptors (Lipinski definition) is 3. The summed E-state index contributed by atoms with van der Waals surface area (Å²) in [4.78, 5) is 23.6. The van der Waals surface area contributed by atoms with Crippen molar-refractivity contribution in [3.8, 4) is 0 Å². The summed E-state index contributed by atoms with van der Waals surface area (Å²) in [5, 5.41) is 0. The molecule has 1 amide bonds. The Bertz CT molecular complexity index is 569. The van der Waals surface area contributed by atoms with E-state index in [0.717, 1.165) is 44.2 Å². The van der Waals surface area contributed by atoms with E-state index in [4.69, 9.17) is 0 Å². The Labute approximate surface area is 118 Å². The van der Waals surface area contributed by atoms with Crippen LogP contribution in [0.3, 0.4) is 0 Å². The van der Waals surface area contributed by atoms with Gasteiger partial charge in [0.15, 0.2) is 0 Å². The zero-order valence-electron chi connectivity index (χ0n) is 11.5. The van der Waals surface area contributed by atoms with Crippen molar-refractivity contribution in [1.29, 1.82) is 0 Å². The Hall–Kier alpha value is -1.71. The van der Waals surface area contributed by atoms with Crippen LogP contribution in [-0.4, -0.2) is 26.8 Å². The predicted molar refractivity (Wildman–Crippen MR) is 74.8 cm³/mol. The summed E-state index contributed by atoms with van der Waals surface area (Å²) >= 11 is 0. The van der Waals surface area contributed by atoms with Gasteiger partial charge in [-0.2, -0.15) is 0 Å². The molecule has 2 aliphatic heterocycles. The molecule has 0 saturated carbocycles. The molecule has 4 nitrogen and oxygen atoms in total. The lowest BCUT2D eigenvalue weighted by Gasteiger charge is -2.38. The van der Waals surface area contributed by atoms with E-state index in [9.17, 15) is 4.79 Å². The molecular formula is C16H19N3O. The van der Waals surface area contributed by atoms with E-state index in [1.165, 1.54) is 5.56 Å². The summed E-state index contributed by atoms with van der Waals surface area (Å²) in [6, 6.07) is 0.587. The van der Waals surface area contributed by atoms with Crippen LogP contribution < -0.4 is 0 Å². The van der Waals surface area contributed by atoms with Gasteiger partial charge in [-0.1, -0.05) is 12.2 Å². The number of rotatable bonds is 1. The van der Waals surface area contributed by atoms with Crippen LogP contribution in [0.25, 0.3) is 0 Å². The Morgan fingerprint density at radius 1 is 1.25 bits per heavy atom. The van der Waals surface area contributed by atoms with E-state index in [-0.39, 0.29) is 12.0 Å². The minimum Gasteiger partial charge on any atom is -0.332 e. The second-order valence-corrected chi connectivity index (χ2v) is 6.10. The molecule has 2 bridgehead atoms. The highest BCUT2D eigenvalue weighted by Crippen LogP contribution is 2.44. The van der Waals surface area contributed by atoms with Crippen LogP contribution in [0.15, 0.2) is 24.7 Å². The lowest BCUT2D eigenvalue weighted by atomic mass is 9.90. The van der Waals surface area contributed by atoms with Gasteiger partial charge in [-0.3, -0.25) is 4.79 Å². The molecule has 3 heterocycles. The Kier molecular flexibility index (Phi) is 2.83. The minimum absolute atomic E-state index is 0.189. The third kappa shape index (κ3) is 1.78. The number of allylic oxidation sites excluding steroid dienone is 2. The third-order valence-electron chi connectivity index (χ3n) is 4.99. The summed E-state index contributed by atoms with van der Waals surface area (Å²) in [6.45, 7) is 0. The average molecular weight is 269 g/mol. The van der Waals surface area contributed by atoms with Gasteiger partial charge in [0.05, 0.1) is 11.7 Å². The summed E-state index contributed by atoms with van der Waals surface area (Å²) in [6.07, 6.45) is 13.9. The summed E-state index contributed by atoms with van der Waals surface area (Å²) in [5.41, 5.74) is 2.33. The fourth-order valence-electron chi connectivity index (χ4n) is 3.99. The predicted octanol–water partition coefficient (Wildman–Crippen LogP) is 2.42. The SMILES string of the molecule is O=C([C@@H]1CC=CCC1)N1[C@H]2CC[C@H]1c1cncnc1C2. The maximum absolute atomic E-state index is 12.9. The van der Waals surface area contributed by atoms with Crippen LogP contribution in [0.1, 0.15) is 49.4 Å². The second-order valence-electron chi connectivity index (χ2n) is 6.10. The maximum atomic E-state index is 12.9. The van der Waals surface area contributed by atoms with Crippen LogP contribution in [0.4, 0.5) is 0 Å². The van der Waals surface area contributed by atoms with Crippen molar-refractivity contribution < 1.29 is 4.79 Å². The van der Waals surface area contributed by atoms with E-state index < -0.39 is 0 Å². The molecule has 3 atom stereocenters. The van der Waals surface area contributed by atoms with Gasteiger partial charge in [-0.15, -0.1) is 0 Å². The second kappa shape index (κ2) is 4.69. The van der Waals surface area contributed by atoms with Gasteiger partial charge >= 0.3 is 0 Å². The van der Waals surface area contributed by atoms with Crippen molar-refractivity contribution in [3.63, 3.8) is 0 Å². The molecule has 4 heteroatoms. The van der Waals surface area contributed by atoms with Gasteiger partial charge in [0.25, 0.3) is 0 Å². The van der Waals surface area contributed by atoms with Gasteiger partial charge in [0, 0.05) is 30.1 Å². The van der Waals surface area contributed by atoms with E-state index >= 15 is 0 Å². The Morgan fingerprint density at radius 2 is 2.20 bits per heavy atom. The number of fused-ring (bicyclic) bond motifs is 4. The van der Waals surface area contributed by atoms with Crippen molar-refractivity contribution in [2.75, 3.05) is 0 Å². The first kappa shape index (κ1) is 12.1. The number of carbonyl (C=O) groups is 1. The molecule has 104 valence electrons. The first-order valence-electron chi connectivity index (χ1n) is 7.60. The lowest BCUT2D eigenvalue weighted by molar-refractivity contribution is -0.139. The molecule has 0 spiro atoms. The molecule has 1 saturated heterocycles. The van der Waals surface area contributed by atoms with Crippen LogP contribution in [0.2, 0.25) is 0 Å². The Morgan fingerprint density at radius 3 is 3.05 bits per heavy atom. The van der Waals surface area contributed by atoms with Crippen LogP contribution in [0.5, 0.6) is 0 Å². The molecule has 3 aliphatic rings. The average Bonchev–Trinajstić information content (AvgIpc) is 2.82. The lowest BCUT2D eigenvalue weighted by Crippen LogP contribution is -2.45. The first-order valence-corrected chi connectivity index (χ1v) is 7.60. The van der Waals surface area contributed by atoms with E-state index in [1.807, 2.05) is 6.20 Å².